The molecule has 20 heavy (non-hydrogen) atoms. The molecule has 2 N–H and O–H groups in total. The highest BCUT2D eigenvalue weighted by Gasteiger charge is 2.44. The number of hydrogen-bond donors (Lipinski definition) is 2. The van der Waals surface area contributed by atoms with Crippen molar-refractivity contribution in [3.05, 3.63) is 0 Å². The molecule has 0 aromatic carbocycles. The zero-order valence-corrected chi connectivity index (χ0v) is 12.5. The normalized spacial score (nSPS) is 32.8. The van der Waals surface area contributed by atoms with Gasteiger partial charge >= 0.3 is 12.0 Å². The van der Waals surface area contributed by atoms with Gasteiger partial charge in [-0.3, -0.25) is 4.79 Å². The molecule has 114 valence electrons. The van der Waals surface area contributed by atoms with Gasteiger partial charge in [-0.15, -0.1) is 0 Å². The average Bonchev–Trinajstić information content (AvgIpc) is 3.16. The number of carboxylic acid groups (broad SMARTS) is 1. The number of nitrogens with one attached hydrogen (secondary N) is 1. The van der Waals surface area contributed by atoms with Crippen LogP contribution in [-0.2, 0) is 4.79 Å². The molecule has 1 heterocycles. The molecule has 2 aliphatic rings. The van der Waals surface area contributed by atoms with Gasteiger partial charge in [0.05, 0.1) is 5.41 Å². The van der Waals surface area contributed by atoms with Gasteiger partial charge in [0.2, 0.25) is 0 Å². The summed E-state index contributed by atoms with van der Waals surface area (Å²) in [6, 6.07) is 0.234. The fraction of sp³-hybridized carbons (Fsp3) is 0.867. The third-order valence-electron chi connectivity index (χ3n) is 4.89. The third kappa shape index (κ3) is 3.07. The molecule has 0 aromatic heterocycles. The van der Waals surface area contributed by atoms with E-state index in [4.69, 9.17) is 0 Å². The number of urea groups is 1. The van der Waals surface area contributed by atoms with Crippen molar-refractivity contribution in [1.82, 2.24) is 10.2 Å². The van der Waals surface area contributed by atoms with Crippen molar-refractivity contribution in [2.45, 2.75) is 58.4 Å². The summed E-state index contributed by atoms with van der Waals surface area (Å²) < 4.78 is 0. The number of carbonyl (C=O) groups excluding carboxylic acids is 1. The molecule has 0 spiro atoms. The highest BCUT2D eigenvalue weighted by Crippen LogP contribution is 2.36. The fourth-order valence-corrected chi connectivity index (χ4v) is 3.28. The van der Waals surface area contributed by atoms with Crippen LogP contribution in [0.25, 0.3) is 0 Å². The molecule has 2 rings (SSSR count). The molecular weight excluding hydrogens is 256 g/mol. The Hall–Kier alpha value is -1.26. The molecule has 1 saturated carbocycles. The number of likely N-dealkylation sites (tertiary alicyclic amines) is 1. The number of nitrogens with zero attached hydrogens (tertiary/aromatic N) is 1. The largest absolute Gasteiger partial charge is 0.481 e. The number of hydrogen-bond acceptors (Lipinski definition) is 2. The minimum Gasteiger partial charge on any atom is -0.481 e. The second kappa shape index (κ2) is 6.02. The Bertz CT molecular complexity index is 385. The highest BCUT2D eigenvalue weighted by molar-refractivity contribution is 5.79. The van der Waals surface area contributed by atoms with E-state index in [0.29, 0.717) is 37.9 Å². The number of aliphatic carboxylic acids is 1. The van der Waals surface area contributed by atoms with Gasteiger partial charge in [0.1, 0.15) is 0 Å². The number of carboxylic acids is 1. The summed E-state index contributed by atoms with van der Waals surface area (Å²) in [4.78, 5) is 25.4. The van der Waals surface area contributed by atoms with E-state index in [1.807, 2.05) is 6.92 Å². The molecule has 1 aliphatic carbocycles. The first-order valence-corrected chi connectivity index (χ1v) is 7.81. The van der Waals surface area contributed by atoms with Crippen molar-refractivity contribution in [3.8, 4) is 0 Å². The van der Waals surface area contributed by atoms with E-state index in [1.165, 1.54) is 6.42 Å². The molecule has 0 aromatic rings. The molecule has 3 atom stereocenters. The van der Waals surface area contributed by atoms with Crippen molar-refractivity contribution < 1.29 is 14.7 Å². The van der Waals surface area contributed by atoms with Crippen molar-refractivity contribution in [3.63, 3.8) is 0 Å². The van der Waals surface area contributed by atoms with Crippen LogP contribution in [0.5, 0.6) is 0 Å². The molecule has 0 radical (unpaired) electrons. The fourth-order valence-electron chi connectivity index (χ4n) is 3.28. The Morgan fingerprint density at radius 2 is 2.15 bits per heavy atom. The summed E-state index contributed by atoms with van der Waals surface area (Å²) in [5.74, 6) is -0.142. The van der Waals surface area contributed by atoms with Crippen LogP contribution in [0.15, 0.2) is 0 Å². The molecule has 5 nitrogen and oxygen atoms in total. The van der Waals surface area contributed by atoms with Gasteiger partial charge < -0.3 is 15.3 Å². The first-order chi connectivity index (χ1) is 9.52. The first kappa shape index (κ1) is 15.1. The number of rotatable bonds is 5. The lowest BCUT2D eigenvalue weighted by Crippen LogP contribution is -2.52. The second-order valence-electron chi connectivity index (χ2n) is 6.30. The van der Waals surface area contributed by atoms with E-state index >= 15 is 0 Å². The van der Waals surface area contributed by atoms with E-state index in [-0.39, 0.29) is 6.03 Å². The van der Waals surface area contributed by atoms with Crippen LogP contribution in [0.2, 0.25) is 0 Å². The Morgan fingerprint density at radius 1 is 1.40 bits per heavy atom. The summed E-state index contributed by atoms with van der Waals surface area (Å²) >= 11 is 0. The van der Waals surface area contributed by atoms with E-state index in [9.17, 15) is 14.7 Å². The molecule has 2 amide bonds. The smallest absolute Gasteiger partial charge is 0.317 e. The number of amides is 2. The topological polar surface area (TPSA) is 69.6 Å². The second-order valence-corrected chi connectivity index (χ2v) is 6.30. The zero-order valence-electron chi connectivity index (χ0n) is 12.5. The maximum atomic E-state index is 12.2. The first-order valence-electron chi connectivity index (χ1n) is 7.81. The van der Waals surface area contributed by atoms with Crippen LogP contribution >= 0.6 is 0 Å². The zero-order chi connectivity index (χ0) is 14.8. The maximum absolute atomic E-state index is 12.2. The predicted molar refractivity (Wildman–Crippen MR) is 76.5 cm³/mol. The number of piperidine rings is 1. The molecule has 1 aliphatic heterocycles. The van der Waals surface area contributed by atoms with Crippen LogP contribution in [-0.4, -0.2) is 41.1 Å². The van der Waals surface area contributed by atoms with Crippen molar-refractivity contribution in [2.24, 2.45) is 11.3 Å². The van der Waals surface area contributed by atoms with E-state index in [2.05, 4.69) is 12.2 Å². The number of carbonyl (C=O) groups is 2. The Balaban J connectivity index is 1.89. The Labute approximate surface area is 120 Å². The summed E-state index contributed by atoms with van der Waals surface area (Å²) in [5, 5.41) is 12.5. The van der Waals surface area contributed by atoms with Crippen molar-refractivity contribution in [2.75, 3.05) is 13.1 Å². The van der Waals surface area contributed by atoms with E-state index in [1.54, 1.807) is 4.90 Å². The summed E-state index contributed by atoms with van der Waals surface area (Å²) in [6.45, 7) is 5.07. The van der Waals surface area contributed by atoms with E-state index in [0.717, 1.165) is 19.3 Å². The molecule has 5 heteroatoms. The lowest BCUT2D eigenvalue weighted by Gasteiger charge is -2.39. The predicted octanol–water partition coefficient (Wildman–Crippen LogP) is 2.46. The molecular formula is C15H26N2O3. The molecule has 1 saturated heterocycles. The Kier molecular flexibility index (Phi) is 4.55. The molecule has 0 bridgehead atoms. The minimum atomic E-state index is -0.771. The molecule has 2 fully saturated rings. The van der Waals surface area contributed by atoms with Gasteiger partial charge in [0.25, 0.3) is 0 Å². The van der Waals surface area contributed by atoms with Crippen LogP contribution in [0, 0.1) is 11.3 Å². The average molecular weight is 282 g/mol. The van der Waals surface area contributed by atoms with Crippen molar-refractivity contribution in [1.29, 1.82) is 0 Å². The Morgan fingerprint density at radius 3 is 2.75 bits per heavy atom. The summed E-state index contributed by atoms with van der Waals surface area (Å²) in [5.41, 5.74) is -0.748. The lowest BCUT2D eigenvalue weighted by molar-refractivity contribution is -0.152. The quantitative estimate of drug-likeness (QED) is 0.813. The highest BCUT2D eigenvalue weighted by atomic mass is 16.4. The van der Waals surface area contributed by atoms with Crippen LogP contribution in [0.4, 0.5) is 4.79 Å². The van der Waals surface area contributed by atoms with Gasteiger partial charge in [0, 0.05) is 19.1 Å². The van der Waals surface area contributed by atoms with Gasteiger partial charge in [0.15, 0.2) is 0 Å². The SMILES string of the molecule is CCCC1CC1NC(=O)N1CCCC(CC)(C(=O)O)C1. The van der Waals surface area contributed by atoms with Crippen LogP contribution in [0.3, 0.4) is 0 Å². The van der Waals surface area contributed by atoms with Crippen molar-refractivity contribution >= 4 is 12.0 Å². The van der Waals surface area contributed by atoms with Gasteiger partial charge in [-0.1, -0.05) is 20.3 Å². The lowest BCUT2D eigenvalue weighted by atomic mass is 9.78. The van der Waals surface area contributed by atoms with Crippen LogP contribution in [0.1, 0.15) is 52.4 Å². The van der Waals surface area contributed by atoms with Crippen LogP contribution < -0.4 is 5.32 Å². The maximum Gasteiger partial charge on any atom is 0.317 e. The third-order valence-corrected chi connectivity index (χ3v) is 4.89. The standard InChI is InChI=1S/C15H26N2O3/c1-3-6-11-9-12(11)16-14(20)17-8-5-7-15(4-2,10-17)13(18)19/h11-12H,3-10H2,1-2H3,(H,16,20)(H,18,19). The summed E-state index contributed by atoms with van der Waals surface area (Å²) in [7, 11) is 0. The minimum absolute atomic E-state index is 0.0765. The van der Waals surface area contributed by atoms with Gasteiger partial charge in [-0.05, 0) is 38.0 Å². The van der Waals surface area contributed by atoms with Gasteiger partial charge in [-0.2, -0.15) is 0 Å². The molecule has 3 unspecified atom stereocenters. The van der Waals surface area contributed by atoms with Gasteiger partial charge in [-0.25, -0.2) is 4.79 Å². The summed E-state index contributed by atoms with van der Waals surface area (Å²) in [6.07, 6.45) is 5.41. The monoisotopic (exact) mass is 282 g/mol. The van der Waals surface area contributed by atoms with E-state index < -0.39 is 11.4 Å².